The van der Waals surface area contributed by atoms with Gasteiger partial charge in [-0.15, -0.1) is 0 Å². The van der Waals surface area contributed by atoms with Crippen molar-refractivity contribution in [1.29, 1.82) is 0 Å². The Labute approximate surface area is 134 Å². The molecule has 0 radical (unpaired) electrons. The van der Waals surface area contributed by atoms with Crippen LogP contribution >= 0.6 is 35.4 Å². The summed E-state index contributed by atoms with van der Waals surface area (Å²) in [6.07, 6.45) is 3.30. The first-order chi connectivity index (χ1) is 10.1. The fourth-order valence-corrected chi connectivity index (χ4v) is 2.61. The first kappa shape index (κ1) is 14.2. The Balaban J connectivity index is 2.25. The number of rotatable bonds is 2. The third-order valence-corrected chi connectivity index (χ3v) is 3.64. The van der Waals surface area contributed by atoms with E-state index in [1.54, 1.807) is 23.0 Å². The van der Waals surface area contributed by atoms with Crippen molar-refractivity contribution in [3.05, 3.63) is 57.3 Å². The number of aromatic nitrogens is 4. The second-order valence-corrected chi connectivity index (χ2v) is 5.35. The van der Waals surface area contributed by atoms with Crippen LogP contribution < -0.4 is 0 Å². The molecular formula is C13H7Cl2FN4S. The predicted molar refractivity (Wildman–Crippen MR) is 82.0 cm³/mol. The maximum atomic E-state index is 13.5. The normalized spacial score (nSPS) is 10.8. The van der Waals surface area contributed by atoms with Gasteiger partial charge in [-0.05, 0) is 36.5 Å². The summed E-state index contributed by atoms with van der Waals surface area (Å²) >= 11 is 16.9. The molecule has 0 bridgehead atoms. The minimum atomic E-state index is -0.667. The molecule has 0 saturated heterocycles. The highest BCUT2D eigenvalue weighted by atomic mass is 35.5. The average molecular weight is 341 g/mol. The molecule has 0 spiro atoms. The summed E-state index contributed by atoms with van der Waals surface area (Å²) in [6.45, 7) is 0. The molecule has 2 aromatic heterocycles. The lowest BCUT2D eigenvalue weighted by molar-refractivity contribution is 0.628. The van der Waals surface area contributed by atoms with Crippen molar-refractivity contribution in [2.45, 2.75) is 0 Å². The van der Waals surface area contributed by atoms with Crippen molar-refractivity contribution < 1.29 is 4.39 Å². The molecule has 3 rings (SSSR count). The number of halogens is 3. The maximum absolute atomic E-state index is 13.5. The highest BCUT2D eigenvalue weighted by Gasteiger charge is 2.14. The van der Waals surface area contributed by atoms with E-state index in [0.29, 0.717) is 16.3 Å². The van der Waals surface area contributed by atoms with E-state index in [1.807, 2.05) is 6.07 Å². The molecule has 0 fully saturated rings. The Morgan fingerprint density at radius 3 is 2.57 bits per heavy atom. The lowest BCUT2D eigenvalue weighted by atomic mass is 10.2. The Kier molecular flexibility index (Phi) is 3.75. The molecule has 21 heavy (non-hydrogen) atoms. The smallest absolute Gasteiger partial charge is 0.200 e. The fraction of sp³-hybridized carbons (Fsp3) is 0. The van der Waals surface area contributed by atoms with Gasteiger partial charge in [-0.25, -0.2) is 4.39 Å². The third-order valence-electron chi connectivity index (χ3n) is 2.82. The van der Waals surface area contributed by atoms with Crippen LogP contribution in [-0.4, -0.2) is 19.7 Å². The molecule has 0 aliphatic heterocycles. The molecule has 0 amide bonds. The molecule has 2 heterocycles. The van der Waals surface area contributed by atoms with Gasteiger partial charge in [0.05, 0.1) is 15.7 Å². The van der Waals surface area contributed by atoms with E-state index in [2.05, 4.69) is 15.2 Å². The average Bonchev–Trinajstić information content (AvgIpc) is 2.87. The minimum Gasteiger partial charge on any atom is -0.268 e. The summed E-state index contributed by atoms with van der Waals surface area (Å²) in [5.74, 6) is -0.133. The van der Waals surface area contributed by atoms with Gasteiger partial charge < -0.3 is 0 Å². The minimum absolute atomic E-state index is 0.0854. The quantitative estimate of drug-likeness (QED) is 0.554. The Hall–Kier alpha value is -1.76. The largest absolute Gasteiger partial charge is 0.268 e. The Morgan fingerprint density at radius 1 is 1.24 bits per heavy atom. The topological polar surface area (TPSA) is 46.5 Å². The van der Waals surface area contributed by atoms with Crippen molar-refractivity contribution >= 4 is 35.4 Å². The number of aromatic amines is 1. The summed E-state index contributed by atoms with van der Waals surface area (Å²) in [7, 11) is 0. The van der Waals surface area contributed by atoms with Crippen LogP contribution in [-0.2, 0) is 0 Å². The molecular weight excluding hydrogens is 334 g/mol. The standard InChI is InChI=1S/C13H7Cl2FN4S/c14-9-4-8(5-10(15)11(9)16)20-12(18-19-13(20)21)7-2-1-3-17-6-7/h1-6H,(H,19,21). The van der Waals surface area contributed by atoms with Crippen LogP contribution in [0.15, 0.2) is 36.7 Å². The van der Waals surface area contributed by atoms with Crippen LogP contribution in [0.5, 0.6) is 0 Å². The number of benzene rings is 1. The zero-order chi connectivity index (χ0) is 15.0. The second-order valence-electron chi connectivity index (χ2n) is 4.15. The van der Waals surface area contributed by atoms with Crippen LogP contribution in [0, 0.1) is 10.6 Å². The summed E-state index contributed by atoms with van der Waals surface area (Å²) in [6, 6.07) is 6.49. The van der Waals surface area contributed by atoms with E-state index >= 15 is 0 Å². The van der Waals surface area contributed by atoms with E-state index in [-0.39, 0.29) is 10.0 Å². The number of nitrogens with zero attached hydrogens (tertiary/aromatic N) is 3. The van der Waals surface area contributed by atoms with Crippen LogP contribution in [0.3, 0.4) is 0 Å². The van der Waals surface area contributed by atoms with E-state index in [0.717, 1.165) is 5.56 Å². The summed E-state index contributed by atoms with van der Waals surface area (Å²) < 4.78 is 15.5. The Morgan fingerprint density at radius 2 is 1.95 bits per heavy atom. The van der Waals surface area contributed by atoms with E-state index in [9.17, 15) is 4.39 Å². The lowest BCUT2D eigenvalue weighted by Crippen LogP contribution is -1.99. The lowest BCUT2D eigenvalue weighted by Gasteiger charge is -2.08. The highest BCUT2D eigenvalue weighted by molar-refractivity contribution is 7.71. The van der Waals surface area contributed by atoms with Crippen molar-refractivity contribution in [2.24, 2.45) is 0 Å². The summed E-state index contributed by atoms with van der Waals surface area (Å²) in [5, 5.41) is 6.69. The molecule has 1 aromatic carbocycles. The van der Waals surface area contributed by atoms with Gasteiger partial charge in [0.2, 0.25) is 0 Å². The van der Waals surface area contributed by atoms with Crippen molar-refractivity contribution in [3.8, 4) is 17.1 Å². The van der Waals surface area contributed by atoms with Crippen LogP contribution in [0.1, 0.15) is 0 Å². The van der Waals surface area contributed by atoms with Crippen molar-refractivity contribution in [2.75, 3.05) is 0 Å². The van der Waals surface area contributed by atoms with Crippen LogP contribution in [0.25, 0.3) is 17.1 Å². The molecule has 0 saturated carbocycles. The zero-order valence-corrected chi connectivity index (χ0v) is 12.7. The summed E-state index contributed by atoms with van der Waals surface area (Å²) in [4.78, 5) is 4.04. The second kappa shape index (κ2) is 5.55. The first-order valence-electron chi connectivity index (χ1n) is 5.80. The van der Waals surface area contributed by atoms with Gasteiger partial charge in [0.1, 0.15) is 0 Å². The third kappa shape index (κ3) is 2.57. The molecule has 0 atom stereocenters. The highest BCUT2D eigenvalue weighted by Crippen LogP contribution is 2.29. The van der Waals surface area contributed by atoms with Crippen molar-refractivity contribution in [3.63, 3.8) is 0 Å². The monoisotopic (exact) mass is 340 g/mol. The maximum Gasteiger partial charge on any atom is 0.200 e. The van der Waals surface area contributed by atoms with Crippen LogP contribution in [0.4, 0.5) is 4.39 Å². The van der Waals surface area contributed by atoms with Gasteiger partial charge in [-0.3, -0.25) is 14.6 Å². The summed E-state index contributed by atoms with van der Waals surface area (Å²) in [5.41, 5.74) is 1.27. The van der Waals surface area contributed by atoms with E-state index in [4.69, 9.17) is 35.4 Å². The van der Waals surface area contributed by atoms with Gasteiger partial charge in [-0.1, -0.05) is 23.2 Å². The molecule has 0 aliphatic rings. The van der Waals surface area contributed by atoms with E-state index < -0.39 is 5.82 Å². The SMILES string of the molecule is Fc1c(Cl)cc(-n2c(-c3cccnc3)n[nH]c2=S)cc1Cl. The number of hydrogen-bond donors (Lipinski definition) is 1. The number of nitrogens with one attached hydrogen (secondary N) is 1. The van der Waals surface area contributed by atoms with Gasteiger partial charge >= 0.3 is 0 Å². The zero-order valence-electron chi connectivity index (χ0n) is 10.3. The molecule has 0 aliphatic carbocycles. The molecule has 0 unspecified atom stereocenters. The Bertz CT molecular complexity index is 837. The molecule has 3 aromatic rings. The van der Waals surface area contributed by atoms with Crippen molar-refractivity contribution in [1.82, 2.24) is 19.7 Å². The van der Waals surface area contributed by atoms with Crippen LogP contribution in [0.2, 0.25) is 10.0 Å². The molecule has 1 N–H and O–H groups in total. The van der Waals surface area contributed by atoms with Gasteiger partial charge in [0, 0.05) is 18.0 Å². The molecule has 8 heteroatoms. The molecule has 106 valence electrons. The predicted octanol–water partition coefficient (Wildman–Crippen LogP) is 4.44. The van der Waals surface area contributed by atoms with Gasteiger partial charge in [0.25, 0.3) is 0 Å². The first-order valence-corrected chi connectivity index (χ1v) is 6.97. The number of pyridine rings is 1. The molecule has 4 nitrogen and oxygen atoms in total. The van der Waals surface area contributed by atoms with Gasteiger partial charge in [0.15, 0.2) is 16.4 Å². The van der Waals surface area contributed by atoms with Gasteiger partial charge in [-0.2, -0.15) is 5.10 Å². The number of hydrogen-bond acceptors (Lipinski definition) is 3. The fourth-order valence-electron chi connectivity index (χ4n) is 1.90. The van der Waals surface area contributed by atoms with E-state index in [1.165, 1.54) is 12.1 Å². The number of H-pyrrole nitrogens is 1.